The zero-order valence-corrected chi connectivity index (χ0v) is 10.6. The van der Waals surface area contributed by atoms with E-state index in [0.29, 0.717) is 6.04 Å². The summed E-state index contributed by atoms with van der Waals surface area (Å²) in [7, 11) is 4.44. The van der Waals surface area contributed by atoms with Gasteiger partial charge in [-0.15, -0.1) is 0 Å². The average Bonchev–Trinajstić information content (AvgIpc) is 2.32. The summed E-state index contributed by atoms with van der Waals surface area (Å²) in [5, 5.41) is 0. The third-order valence-corrected chi connectivity index (χ3v) is 3.62. The maximum absolute atomic E-state index is 2.46. The largest absolute Gasteiger partial charge is 0.303 e. The first-order valence-corrected chi connectivity index (χ1v) is 6.18. The van der Waals surface area contributed by atoms with Gasteiger partial charge in [0.2, 0.25) is 0 Å². The van der Waals surface area contributed by atoms with E-state index in [-0.39, 0.29) is 0 Å². The first kappa shape index (κ1) is 11.6. The van der Waals surface area contributed by atoms with Gasteiger partial charge in [-0.2, -0.15) is 0 Å². The number of aryl methyl sites for hydroxylation is 1. The molecule has 1 atom stereocenters. The maximum atomic E-state index is 2.46. The second kappa shape index (κ2) is 4.98. The molecule has 1 fully saturated rings. The molecule has 0 aliphatic carbocycles. The van der Waals surface area contributed by atoms with Crippen molar-refractivity contribution in [1.82, 2.24) is 9.80 Å². The van der Waals surface area contributed by atoms with Crippen LogP contribution < -0.4 is 0 Å². The van der Waals surface area contributed by atoms with Gasteiger partial charge in [-0.05, 0) is 31.6 Å². The van der Waals surface area contributed by atoms with Crippen molar-refractivity contribution in [2.24, 2.45) is 0 Å². The lowest BCUT2D eigenvalue weighted by Crippen LogP contribution is -2.44. The number of rotatable bonds is 2. The topological polar surface area (TPSA) is 6.48 Å². The van der Waals surface area contributed by atoms with Gasteiger partial charge in [-0.1, -0.05) is 31.2 Å². The molecule has 0 bridgehead atoms. The molecular weight excluding hydrogens is 196 g/mol. The summed E-state index contributed by atoms with van der Waals surface area (Å²) in [6, 6.07) is 9.66. The number of likely N-dealkylation sites (N-methyl/N-ethyl adjacent to an activating group) is 2. The summed E-state index contributed by atoms with van der Waals surface area (Å²) in [4.78, 5) is 4.87. The van der Waals surface area contributed by atoms with Crippen molar-refractivity contribution in [3.8, 4) is 0 Å². The van der Waals surface area contributed by atoms with Crippen LogP contribution in [0.4, 0.5) is 0 Å². The van der Waals surface area contributed by atoms with Gasteiger partial charge in [0.25, 0.3) is 0 Å². The highest BCUT2D eigenvalue weighted by Crippen LogP contribution is 2.23. The Labute approximate surface area is 98.9 Å². The van der Waals surface area contributed by atoms with Crippen molar-refractivity contribution >= 4 is 0 Å². The number of piperazine rings is 1. The fourth-order valence-corrected chi connectivity index (χ4v) is 2.35. The monoisotopic (exact) mass is 218 g/mol. The van der Waals surface area contributed by atoms with E-state index in [2.05, 4.69) is 55.1 Å². The van der Waals surface area contributed by atoms with Crippen molar-refractivity contribution < 1.29 is 0 Å². The highest BCUT2D eigenvalue weighted by atomic mass is 15.3. The summed E-state index contributed by atoms with van der Waals surface area (Å²) in [6.07, 6.45) is 1.13. The van der Waals surface area contributed by atoms with Gasteiger partial charge >= 0.3 is 0 Å². The number of hydrogen-bond acceptors (Lipinski definition) is 2. The molecule has 2 heteroatoms. The molecule has 2 nitrogen and oxygen atoms in total. The van der Waals surface area contributed by atoms with Crippen LogP contribution in [-0.2, 0) is 6.42 Å². The number of benzene rings is 1. The Morgan fingerprint density at radius 2 is 1.81 bits per heavy atom. The quantitative estimate of drug-likeness (QED) is 0.750. The predicted molar refractivity (Wildman–Crippen MR) is 68.7 cm³/mol. The Kier molecular flexibility index (Phi) is 3.62. The molecule has 1 aliphatic rings. The SMILES string of the molecule is CCc1ccc(C2CN(C)CCN2C)cc1. The Morgan fingerprint density at radius 3 is 2.44 bits per heavy atom. The van der Waals surface area contributed by atoms with E-state index >= 15 is 0 Å². The second-order valence-electron chi connectivity index (χ2n) is 4.85. The Hall–Kier alpha value is -0.860. The molecule has 1 saturated heterocycles. The highest BCUT2D eigenvalue weighted by Gasteiger charge is 2.23. The van der Waals surface area contributed by atoms with Crippen LogP contribution >= 0.6 is 0 Å². The Morgan fingerprint density at radius 1 is 1.12 bits per heavy atom. The minimum Gasteiger partial charge on any atom is -0.303 e. The fraction of sp³-hybridized carbons (Fsp3) is 0.571. The van der Waals surface area contributed by atoms with Gasteiger partial charge in [0.05, 0.1) is 0 Å². The van der Waals surface area contributed by atoms with Crippen LogP contribution in [0.15, 0.2) is 24.3 Å². The first-order valence-electron chi connectivity index (χ1n) is 6.18. The van der Waals surface area contributed by atoms with E-state index in [4.69, 9.17) is 0 Å². The smallest absolute Gasteiger partial charge is 0.0472 e. The van der Waals surface area contributed by atoms with Gasteiger partial charge in [-0.3, -0.25) is 4.90 Å². The molecule has 88 valence electrons. The molecule has 16 heavy (non-hydrogen) atoms. The van der Waals surface area contributed by atoms with Crippen LogP contribution in [0, 0.1) is 0 Å². The van der Waals surface area contributed by atoms with Crippen LogP contribution in [0.25, 0.3) is 0 Å². The molecule has 1 aromatic carbocycles. The van der Waals surface area contributed by atoms with E-state index in [1.807, 2.05) is 0 Å². The van der Waals surface area contributed by atoms with Crippen LogP contribution in [0.5, 0.6) is 0 Å². The van der Waals surface area contributed by atoms with Crippen molar-refractivity contribution in [2.75, 3.05) is 33.7 Å². The van der Waals surface area contributed by atoms with Gasteiger partial charge in [0.1, 0.15) is 0 Å². The second-order valence-corrected chi connectivity index (χ2v) is 4.85. The molecule has 1 aromatic rings. The van der Waals surface area contributed by atoms with Crippen LogP contribution in [0.3, 0.4) is 0 Å². The first-order chi connectivity index (χ1) is 7.70. The van der Waals surface area contributed by atoms with Gasteiger partial charge in [0, 0.05) is 25.7 Å². The molecule has 0 amide bonds. The molecule has 1 aliphatic heterocycles. The summed E-state index contributed by atoms with van der Waals surface area (Å²) in [6.45, 7) is 5.69. The van der Waals surface area contributed by atoms with E-state index in [0.717, 1.165) is 19.5 Å². The van der Waals surface area contributed by atoms with Gasteiger partial charge in [0.15, 0.2) is 0 Å². The van der Waals surface area contributed by atoms with Crippen LogP contribution in [-0.4, -0.2) is 43.5 Å². The van der Waals surface area contributed by atoms with Crippen molar-refractivity contribution in [2.45, 2.75) is 19.4 Å². The van der Waals surface area contributed by atoms with Crippen molar-refractivity contribution in [3.63, 3.8) is 0 Å². The van der Waals surface area contributed by atoms with Gasteiger partial charge < -0.3 is 4.90 Å². The van der Waals surface area contributed by atoms with E-state index < -0.39 is 0 Å². The Balaban J connectivity index is 2.15. The lowest BCUT2D eigenvalue weighted by Gasteiger charge is -2.38. The average molecular weight is 218 g/mol. The molecule has 0 spiro atoms. The molecule has 2 rings (SSSR count). The summed E-state index contributed by atoms with van der Waals surface area (Å²) < 4.78 is 0. The third kappa shape index (κ3) is 2.45. The standard InChI is InChI=1S/C14H22N2/c1-4-12-5-7-13(8-6-12)14-11-15(2)9-10-16(14)3/h5-8,14H,4,9-11H2,1-3H3. The zero-order chi connectivity index (χ0) is 11.5. The van der Waals surface area contributed by atoms with E-state index in [1.165, 1.54) is 17.7 Å². The fourth-order valence-electron chi connectivity index (χ4n) is 2.35. The molecular formula is C14H22N2. The molecule has 0 saturated carbocycles. The minimum atomic E-state index is 0.560. The third-order valence-electron chi connectivity index (χ3n) is 3.62. The Bertz CT molecular complexity index is 331. The number of hydrogen-bond donors (Lipinski definition) is 0. The maximum Gasteiger partial charge on any atom is 0.0472 e. The minimum absolute atomic E-state index is 0.560. The lowest BCUT2D eigenvalue weighted by molar-refractivity contribution is 0.115. The van der Waals surface area contributed by atoms with Crippen molar-refractivity contribution in [1.29, 1.82) is 0 Å². The van der Waals surface area contributed by atoms with E-state index in [9.17, 15) is 0 Å². The number of nitrogens with zero attached hydrogens (tertiary/aromatic N) is 2. The summed E-state index contributed by atoms with van der Waals surface area (Å²) in [5.41, 5.74) is 2.88. The zero-order valence-electron chi connectivity index (χ0n) is 10.6. The van der Waals surface area contributed by atoms with E-state index in [1.54, 1.807) is 0 Å². The molecule has 0 N–H and O–H groups in total. The molecule has 0 aromatic heterocycles. The van der Waals surface area contributed by atoms with Crippen LogP contribution in [0.2, 0.25) is 0 Å². The highest BCUT2D eigenvalue weighted by molar-refractivity contribution is 5.25. The van der Waals surface area contributed by atoms with Crippen molar-refractivity contribution in [3.05, 3.63) is 35.4 Å². The predicted octanol–water partition coefficient (Wildman–Crippen LogP) is 2.17. The van der Waals surface area contributed by atoms with Crippen LogP contribution in [0.1, 0.15) is 24.1 Å². The lowest BCUT2D eigenvalue weighted by atomic mass is 10.0. The summed E-state index contributed by atoms with van der Waals surface area (Å²) in [5.74, 6) is 0. The molecule has 1 unspecified atom stereocenters. The normalized spacial score (nSPS) is 23.6. The summed E-state index contributed by atoms with van der Waals surface area (Å²) >= 11 is 0. The van der Waals surface area contributed by atoms with Gasteiger partial charge in [-0.25, -0.2) is 0 Å². The molecule has 0 radical (unpaired) electrons. The molecule has 1 heterocycles.